The van der Waals surface area contributed by atoms with Crippen molar-refractivity contribution in [2.75, 3.05) is 0 Å². The van der Waals surface area contributed by atoms with Gasteiger partial charge in [0.2, 0.25) is 0 Å². The third-order valence-corrected chi connectivity index (χ3v) is 18.2. The molecule has 0 heterocycles. The van der Waals surface area contributed by atoms with Crippen molar-refractivity contribution in [1.29, 1.82) is 0 Å². The Kier molecular flexibility index (Phi) is 3.16. The standard InChI is InChI=1S/C48H32Si2/c1-49(2,3)16-18-15-27-25-13-11-24-22-10-9-20-19-7-8-21-23-12-14-26-28(18)46-44-35(26)33(23)38-30(21)29(19)37-31(20)32(22)39-34(24)36(25)47(48(27,46)17-50(4,5)6)45-42(39)40(37)41(38)43(44)45/h7-15,18H,16-17H2,1-6H3. The van der Waals surface area contributed by atoms with Crippen molar-refractivity contribution in [3.8, 4) is 0 Å². The lowest BCUT2D eigenvalue weighted by atomic mass is 9.63. The highest BCUT2D eigenvalue weighted by atomic mass is 28.3. The van der Waals surface area contributed by atoms with Crippen molar-refractivity contribution in [2.45, 2.75) is 62.7 Å². The molecule has 0 bridgehead atoms. The molecule has 0 N–H and O–H groups in total. The molecule has 0 amide bonds. The van der Waals surface area contributed by atoms with E-state index >= 15 is 0 Å². The molecule has 0 saturated carbocycles. The number of rotatable bonds is 4. The normalized spacial score (nSPS) is 21.2. The van der Waals surface area contributed by atoms with E-state index in [4.69, 9.17) is 0 Å². The summed E-state index contributed by atoms with van der Waals surface area (Å²) in [5.41, 5.74) is 8.44. The first kappa shape index (κ1) is 24.6. The van der Waals surface area contributed by atoms with Gasteiger partial charge in [-0.1, -0.05) is 93.9 Å². The van der Waals surface area contributed by atoms with Crippen LogP contribution in [0.5, 0.6) is 0 Å². The molecule has 0 aromatic heterocycles. The molecule has 2 unspecified atom stereocenters. The van der Waals surface area contributed by atoms with E-state index in [0.717, 1.165) is 0 Å². The summed E-state index contributed by atoms with van der Waals surface area (Å²) >= 11 is 0. The maximum Gasteiger partial charge on any atom is 0.0458 e. The van der Waals surface area contributed by atoms with Crippen LogP contribution in [0.15, 0.2) is 54.6 Å². The maximum absolute atomic E-state index is 2.88. The van der Waals surface area contributed by atoms with E-state index in [1.54, 1.807) is 125 Å². The monoisotopic (exact) mass is 664 g/mol. The van der Waals surface area contributed by atoms with Gasteiger partial charge >= 0.3 is 0 Å². The van der Waals surface area contributed by atoms with Gasteiger partial charge in [-0.2, -0.15) is 0 Å². The largest absolute Gasteiger partial charge is 0.0722 e. The predicted octanol–water partition coefficient (Wildman–Crippen LogP) is 14.2. The number of hydrogen-bond donors (Lipinski definition) is 0. The van der Waals surface area contributed by atoms with Gasteiger partial charge in [0, 0.05) is 27.5 Å². The van der Waals surface area contributed by atoms with E-state index in [9.17, 15) is 0 Å². The Morgan fingerprint density at radius 1 is 0.420 bits per heavy atom. The van der Waals surface area contributed by atoms with Crippen molar-refractivity contribution in [3.63, 3.8) is 0 Å². The van der Waals surface area contributed by atoms with Crippen LogP contribution in [-0.4, -0.2) is 16.1 Å². The van der Waals surface area contributed by atoms with Gasteiger partial charge in [0.05, 0.1) is 0 Å². The number of hydrogen-bond acceptors (Lipinski definition) is 0. The van der Waals surface area contributed by atoms with E-state index in [1.165, 1.54) is 44.4 Å². The van der Waals surface area contributed by atoms with Crippen LogP contribution in [0.2, 0.25) is 51.4 Å². The summed E-state index contributed by atoms with van der Waals surface area (Å²) in [6.07, 6.45) is 2.88. The fourth-order valence-corrected chi connectivity index (χ4v) is 18.1. The van der Waals surface area contributed by atoms with Crippen molar-refractivity contribution < 1.29 is 0 Å². The van der Waals surface area contributed by atoms with E-state index in [0.29, 0.717) is 5.92 Å². The highest BCUT2D eigenvalue weighted by Gasteiger charge is 2.57. The second-order valence-electron chi connectivity index (χ2n) is 19.8. The van der Waals surface area contributed by atoms with Gasteiger partial charge in [0.25, 0.3) is 0 Å². The molecule has 0 spiro atoms. The molecule has 3 aliphatic rings. The first-order valence-corrected chi connectivity index (χ1v) is 26.4. The zero-order valence-corrected chi connectivity index (χ0v) is 31.2. The third kappa shape index (κ3) is 1.95. The van der Waals surface area contributed by atoms with Crippen molar-refractivity contribution in [1.82, 2.24) is 0 Å². The predicted molar refractivity (Wildman–Crippen MR) is 225 cm³/mol. The summed E-state index contributed by atoms with van der Waals surface area (Å²) in [6, 6.07) is 22.9. The lowest BCUT2D eigenvalue weighted by Gasteiger charge is -2.45. The molecule has 232 valence electrons. The average Bonchev–Trinajstić information content (AvgIpc) is 3.87. The van der Waals surface area contributed by atoms with Crippen molar-refractivity contribution >= 4 is 151 Å². The number of allylic oxidation sites excluding steroid dienone is 2. The van der Waals surface area contributed by atoms with Gasteiger partial charge in [-0.15, -0.1) is 0 Å². The second kappa shape index (κ2) is 6.42. The first-order valence-electron chi connectivity index (χ1n) is 19.0. The van der Waals surface area contributed by atoms with Crippen LogP contribution in [0.25, 0.3) is 135 Å². The third-order valence-electron chi connectivity index (χ3n) is 15.0. The van der Waals surface area contributed by atoms with E-state index < -0.39 is 16.1 Å². The Labute approximate surface area is 289 Å². The summed E-state index contributed by atoms with van der Waals surface area (Å²) in [6.45, 7) is 15.8. The van der Waals surface area contributed by atoms with Crippen LogP contribution >= 0.6 is 0 Å². The fourth-order valence-electron chi connectivity index (χ4n) is 14.3. The van der Waals surface area contributed by atoms with Gasteiger partial charge in [-0.05, 0) is 169 Å². The minimum absolute atomic E-state index is 0.0586. The minimum atomic E-state index is -1.60. The zero-order valence-electron chi connectivity index (χ0n) is 29.2. The summed E-state index contributed by atoms with van der Waals surface area (Å²) < 4.78 is 0. The molecule has 13 aromatic rings. The molecule has 13 aromatic carbocycles. The maximum atomic E-state index is 2.88. The summed E-state index contributed by atoms with van der Waals surface area (Å²) in [5.74, 6) is 0.470. The molecule has 16 rings (SSSR count). The van der Waals surface area contributed by atoms with Gasteiger partial charge < -0.3 is 0 Å². The van der Waals surface area contributed by atoms with Gasteiger partial charge in [0.1, 0.15) is 0 Å². The van der Waals surface area contributed by atoms with Crippen LogP contribution < -0.4 is 0 Å². The lowest BCUT2D eigenvalue weighted by molar-refractivity contribution is 0.719. The average molecular weight is 665 g/mol. The molecule has 0 saturated heterocycles. The molecular weight excluding hydrogens is 633 g/mol. The van der Waals surface area contributed by atoms with Crippen LogP contribution in [0.4, 0.5) is 0 Å². The number of fused-ring (bicyclic) bond motifs is 5. The highest BCUT2D eigenvalue weighted by Crippen LogP contribution is 2.74. The van der Waals surface area contributed by atoms with Crippen LogP contribution in [0, 0.1) is 0 Å². The topological polar surface area (TPSA) is 0 Å². The fraction of sp³-hybridized carbons (Fsp3) is 0.208. The smallest absolute Gasteiger partial charge is 0.0458 e. The second-order valence-corrected chi connectivity index (χ2v) is 30.8. The molecule has 3 aliphatic carbocycles. The Hall–Kier alpha value is -4.51. The molecule has 0 aliphatic heterocycles. The molecule has 2 atom stereocenters. The summed E-state index contributed by atoms with van der Waals surface area (Å²) in [7, 11) is -3.02. The Morgan fingerprint density at radius 2 is 0.820 bits per heavy atom. The SMILES string of the molecule is C[Si](C)(C)CC1C=C2c3ccc4c5ccc6c7ccc8c9ccc%10c1c1c%11c%10c9c9c8c7c7c6c5c5c4c3c(c3c%11c9c7c35)C21C[Si](C)(C)C. The number of benzene rings is 8. The van der Waals surface area contributed by atoms with Crippen molar-refractivity contribution in [2.24, 2.45) is 0 Å². The molecule has 0 nitrogen and oxygen atoms in total. The highest BCUT2D eigenvalue weighted by molar-refractivity contribution is 6.77. The summed E-state index contributed by atoms with van der Waals surface area (Å²) in [5, 5.41) is 37.8. The zero-order chi connectivity index (χ0) is 32.6. The Balaban J connectivity index is 1.38. The van der Waals surface area contributed by atoms with Gasteiger partial charge in [-0.25, -0.2) is 0 Å². The van der Waals surface area contributed by atoms with Gasteiger partial charge in [0.15, 0.2) is 0 Å². The first-order chi connectivity index (χ1) is 24.1. The molecule has 0 fully saturated rings. The lowest BCUT2D eigenvalue weighted by Crippen LogP contribution is -2.40. The van der Waals surface area contributed by atoms with Crippen LogP contribution in [0.1, 0.15) is 28.2 Å². The quantitative estimate of drug-likeness (QED) is 0.130. The Bertz CT molecular complexity index is 3770. The Morgan fingerprint density at radius 3 is 1.34 bits per heavy atom. The molecule has 0 radical (unpaired) electrons. The molecular formula is C48H32Si2. The summed E-state index contributed by atoms with van der Waals surface area (Å²) in [4.78, 5) is 0. The molecule has 2 heteroatoms. The minimum Gasteiger partial charge on any atom is -0.0722 e. The van der Waals surface area contributed by atoms with Gasteiger partial charge in [-0.3, -0.25) is 0 Å². The van der Waals surface area contributed by atoms with E-state index in [1.807, 2.05) is 0 Å². The van der Waals surface area contributed by atoms with E-state index in [-0.39, 0.29) is 5.41 Å². The molecule has 50 heavy (non-hydrogen) atoms. The van der Waals surface area contributed by atoms with Crippen LogP contribution in [-0.2, 0) is 5.41 Å². The van der Waals surface area contributed by atoms with E-state index in [2.05, 4.69) is 93.9 Å². The van der Waals surface area contributed by atoms with Crippen molar-refractivity contribution in [3.05, 3.63) is 76.9 Å². The van der Waals surface area contributed by atoms with Crippen LogP contribution in [0.3, 0.4) is 0 Å².